The molecule has 0 saturated heterocycles. The van der Waals surface area contributed by atoms with Crippen LogP contribution in [-0.4, -0.2) is 29.8 Å². The van der Waals surface area contributed by atoms with Gasteiger partial charge in [-0.1, -0.05) is 0 Å². The number of aryl methyl sites for hydroxylation is 1. The predicted octanol–water partition coefficient (Wildman–Crippen LogP) is 1.29. The summed E-state index contributed by atoms with van der Waals surface area (Å²) in [6, 6.07) is 4.98. The molecule has 3 aromatic heterocycles. The van der Waals surface area contributed by atoms with Crippen LogP contribution in [0.4, 0.5) is 0 Å². The van der Waals surface area contributed by atoms with Crippen molar-refractivity contribution in [2.45, 2.75) is 10.5 Å². The number of furan rings is 1. The van der Waals surface area contributed by atoms with E-state index >= 15 is 0 Å². The van der Waals surface area contributed by atoms with E-state index in [4.69, 9.17) is 4.42 Å². The Kier molecular flexibility index (Phi) is 4.11. The molecule has 9 heteroatoms. The zero-order chi connectivity index (χ0) is 16.5. The fraction of sp³-hybridized carbons (Fsp3) is 0.214. The van der Waals surface area contributed by atoms with Crippen LogP contribution >= 0.6 is 11.3 Å². The van der Waals surface area contributed by atoms with E-state index < -0.39 is 15.6 Å². The second-order valence-electron chi connectivity index (χ2n) is 5.02. The highest BCUT2D eigenvalue weighted by Crippen LogP contribution is 2.31. The van der Waals surface area contributed by atoms with E-state index in [1.807, 2.05) is 0 Å². The summed E-state index contributed by atoms with van der Waals surface area (Å²) in [6.07, 6.45) is 4.07. The van der Waals surface area contributed by atoms with Gasteiger partial charge in [0.25, 0.3) is 0 Å². The smallest absolute Gasteiger partial charge is 0.243 e. The number of aliphatic hydroxyl groups is 1. The zero-order valence-corrected chi connectivity index (χ0v) is 13.8. The summed E-state index contributed by atoms with van der Waals surface area (Å²) in [5.41, 5.74) is -1.02. The van der Waals surface area contributed by atoms with Gasteiger partial charge >= 0.3 is 0 Å². The topological polar surface area (TPSA) is 97.4 Å². The Hall–Kier alpha value is -1.94. The first kappa shape index (κ1) is 15.9. The number of hydrogen-bond acceptors (Lipinski definition) is 6. The highest BCUT2D eigenvalue weighted by molar-refractivity contribution is 7.89. The van der Waals surface area contributed by atoms with Crippen molar-refractivity contribution in [3.8, 4) is 0 Å². The Morgan fingerprint density at radius 2 is 2.30 bits per heavy atom. The molecule has 2 N–H and O–H groups in total. The van der Waals surface area contributed by atoms with Gasteiger partial charge < -0.3 is 9.52 Å². The Balaban J connectivity index is 1.89. The molecule has 0 saturated carbocycles. The average Bonchev–Trinajstić information content (AvgIpc) is 3.25. The number of thiophene rings is 1. The lowest BCUT2D eigenvalue weighted by Crippen LogP contribution is -2.41. The van der Waals surface area contributed by atoms with Crippen LogP contribution in [0, 0.1) is 0 Å². The molecule has 0 aliphatic rings. The lowest BCUT2D eigenvalue weighted by molar-refractivity contribution is 0.0623. The highest BCUT2D eigenvalue weighted by Gasteiger charge is 2.36. The fourth-order valence-electron chi connectivity index (χ4n) is 2.17. The van der Waals surface area contributed by atoms with E-state index in [1.54, 1.807) is 36.0 Å². The molecule has 122 valence electrons. The average molecular weight is 353 g/mol. The van der Waals surface area contributed by atoms with Crippen molar-refractivity contribution in [1.82, 2.24) is 14.5 Å². The molecule has 0 aliphatic heterocycles. The van der Waals surface area contributed by atoms with Gasteiger partial charge in [-0.2, -0.15) is 16.4 Å². The standard InChI is InChI=1S/C14H15N3O4S2/c1-17-8-12(7-15-17)23(19,20)16-10-14(18,11-4-6-22-9-11)13-3-2-5-21-13/h2-9,16,18H,10H2,1H3. The predicted molar refractivity (Wildman–Crippen MR) is 84.4 cm³/mol. The summed E-state index contributed by atoms with van der Waals surface area (Å²) in [5, 5.41) is 18.4. The van der Waals surface area contributed by atoms with Crippen molar-refractivity contribution < 1.29 is 17.9 Å². The van der Waals surface area contributed by atoms with Crippen LogP contribution in [0.5, 0.6) is 0 Å². The first-order chi connectivity index (χ1) is 10.9. The van der Waals surface area contributed by atoms with Crippen molar-refractivity contribution in [2.75, 3.05) is 6.54 Å². The molecule has 0 aromatic carbocycles. The molecule has 1 atom stereocenters. The van der Waals surface area contributed by atoms with Gasteiger partial charge in [0.15, 0.2) is 5.60 Å². The number of aromatic nitrogens is 2. The maximum Gasteiger partial charge on any atom is 0.243 e. The number of nitrogens with zero attached hydrogens (tertiary/aromatic N) is 2. The minimum Gasteiger partial charge on any atom is -0.466 e. The van der Waals surface area contributed by atoms with E-state index in [0.29, 0.717) is 5.56 Å². The number of nitrogens with one attached hydrogen (secondary N) is 1. The van der Waals surface area contributed by atoms with Gasteiger partial charge in [-0.25, -0.2) is 13.1 Å². The van der Waals surface area contributed by atoms with Gasteiger partial charge in [0.1, 0.15) is 10.7 Å². The molecule has 0 spiro atoms. The molecule has 3 heterocycles. The van der Waals surface area contributed by atoms with Crippen LogP contribution in [0.15, 0.2) is 56.9 Å². The third-order valence-corrected chi connectivity index (χ3v) is 5.48. The Labute approximate surface area is 137 Å². The Morgan fingerprint density at radius 3 is 2.87 bits per heavy atom. The molecule has 0 aliphatic carbocycles. The van der Waals surface area contributed by atoms with Crippen molar-refractivity contribution in [2.24, 2.45) is 7.05 Å². The molecule has 0 amide bonds. The van der Waals surface area contributed by atoms with Gasteiger partial charge in [0.2, 0.25) is 10.0 Å². The minimum absolute atomic E-state index is 0.0344. The number of rotatable bonds is 6. The van der Waals surface area contributed by atoms with E-state index in [9.17, 15) is 13.5 Å². The van der Waals surface area contributed by atoms with E-state index in [0.717, 1.165) is 0 Å². The Bertz CT molecular complexity index is 833. The third kappa shape index (κ3) is 3.08. The Morgan fingerprint density at radius 1 is 1.48 bits per heavy atom. The van der Waals surface area contributed by atoms with Crippen LogP contribution < -0.4 is 4.72 Å². The first-order valence-electron chi connectivity index (χ1n) is 6.69. The summed E-state index contributed by atoms with van der Waals surface area (Å²) >= 11 is 1.40. The van der Waals surface area contributed by atoms with Crippen molar-refractivity contribution in [1.29, 1.82) is 0 Å². The SMILES string of the molecule is Cn1cc(S(=O)(=O)NCC(O)(c2ccsc2)c2ccco2)cn1. The van der Waals surface area contributed by atoms with Crippen molar-refractivity contribution in [3.05, 3.63) is 58.9 Å². The quantitative estimate of drug-likeness (QED) is 0.696. The van der Waals surface area contributed by atoms with Crippen LogP contribution in [0.2, 0.25) is 0 Å². The summed E-state index contributed by atoms with van der Waals surface area (Å²) in [7, 11) is -2.16. The maximum atomic E-state index is 12.3. The van der Waals surface area contributed by atoms with Gasteiger partial charge in [-0.15, -0.1) is 0 Å². The molecule has 7 nitrogen and oxygen atoms in total. The number of sulfonamides is 1. The third-order valence-electron chi connectivity index (χ3n) is 3.44. The lowest BCUT2D eigenvalue weighted by Gasteiger charge is -2.25. The molecule has 23 heavy (non-hydrogen) atoms. The summed E-state index contributed by atoms with van der Waals surface area (Å²) in [6.45, 7) is -0.255. The van der Waals surface area contributed by atoms with Crippen LogP contribution in [0.1, 0.15) is 11.3 Å². The summed E-state index contributed by atoms with van der Waals surface area (Å²) in [4.78, 5) is 0.0344. The van der Waals surface area contributed by atoms with Crippen LogP contribution in [0.25, 0.3) is 0 Å². The molecule has 0 radical (unpaired) electrons. The lowest BCUT2D eigenvalue weighted by atomic mass is 9.94. The summed E-state index contributed by atoms with van der Waals surface area (Å²) < 4.78 is 33.8. The fourth-order valence-corrected chi connectivity index (χ4v) is 3.93. The maximum absolute atomic E-state index is 12.3. The highest BCUT2D eigenvalue weighted by atomic mass is 32.2. The molecular weight excluding hydrogens is 338 g/mol. The normalized spacial score (nSPS) is 14.7. The molecule has 1 unspecified atom stereocenters. The monoisotopic (exact) mass is 353 g/mol. The van der Waals surface area contributed by atoms with Crippen molar-refractivity contribution >= 4 is 21.4 Å². The summed E-state index contributed by atoms with van der Waals surface area (Å²) in [5.74, 6) is 0.268. The first-order valence-corrected chi connectivity index (χ1v) is 9.12. The zero-order valence-electron chi connectivity index (χ0n) is 12.2. The van der Waals surface area contributed by atoms with Crippen LogP contribution in [-0.2, 0) is 22.7 Å². The number of hydrogen-bond donors (Lipinski definition) is 2. The van der Waals surface area contributed by atoms with E-state index in [1.165, 1.54) is 34.7 Å². The molecule has 3 rings (SSSR count). The van der Waals surface area contributed by atoms with Crippen molar-refractivity contribution in [3.63, 3.8) is 0 Å². The second-order valence-corrected chi connectivity index (χ2v) is 7.57. The van der Waals surface area contributed by atoms with Gasteiger partial charge in [-0.3, -0.25) is 4.68 Å². The van der Waals surface area contributed by atoms with E-state index in [2.05, 4.69) is 9.82 Å². The molecular formula is C14H15N3O4S2. The minimum atomic E-state index is -3.79. The molecule has 0 bridgehead atoms. The van der Waals surface area contributed by atoms with Gasteiger partial charge in [-0.05, 0) is 29.0 Å². The second kappa shape index (κ2) is 5.93. The van der Waals surface area contributed by atoms with Crippen LogP contribution in [0.3, 0.4) is 0 Å². The van der Waals surface area contributed by atoms with Gasteiger partial charge in [0, 0.05) is 18.8 Å². The largest absolute Gasteiger partial charge is 0.466 e. The van der Waals surface area contributed by atoms with E-state index in [-0.39, 0.29) is 17.2 Å². The molecule has 3 aromatic rings. The molecule has 0 fully saturated rings. The van der Waals surface area contributed by atoms with Gasteiger partial charge in [0.05, 0.1) is 19.0 Å².